The van der Waals surface area contributed by atoms with E-state index >= 15 is 0 Å². The highest BCUT2D eigenvalue weighted by Crippen LogP contribution is 2.34. The molecule has 0 amide bonds. The standard InChI is InChI=1S/C13H10F3N7O2/c1-22-12(24)23(21-20-22)10-4-2-3-9(13(14,15)16)8(10)5-25-11-18-6-17-7-19-11/h2-4,6-7H,5H2,1H3. The highest BCUT2D eigenvalue weighted by atomic mass is 19.4. The molecule has 2 heterocycles. The van der Waals surface area contributed by atoms with Crippen LogP contribution in [0.5, 0.6) is 6.01 Å². The highest BCUT2D eigenvalue weighted by molar-refractivity contribution is 5.46. The summed E-state index contributed by atoms with van der Waals surface area (Å²) in [5.41, 5.74) is -2.04. The molecule has 0 bridgehead atoms. The number of halogens is 3. The molecule has 25 heavy (non-hydrogen) atoms. The van der Waals surface area contributed by atoms with E-state index in [-0.39, 0.29) is 17.3 Å². The lowest BCUT2D eigenvalue weighted by Gasteiger charge is -2.16. The van der Waals surface area contributed by atoms with Crippen molar-refractivity contribution in [3.05, 3.63) is 52.5 Å². The highest BCUT2D eigenvalue weighted by Gasteiger charge is 2.35. The van der Waals surface area contributed by atoms with Crippen molar-refractivity contribution in [2.75, 3.05) is 0 Å². The summed E-state index contributed by atoms with van der Waals surface area (Å²) in [6.45, 7) is -0.530. The van der Waals surface area contributed by atoms with Crippen molar-refractivity contribution in [1.29, 1.82) is 0 Å². The monoisotopic (exact) mass is 353 g/mol. The first kappa shape index (κ1) is 16.5. The third kappa shape index (κ3) is 3.32. The minimum atomic E-state index is -4.65. The molecule has 0 unspecified atom stereocenters. The van der Waals surface area contributed by atoms with Gasteiger partial charge in [-0.1, -0.05) is 6.07 Å². The summed E-state index contributed by atoms with van der Waals surface area (Å²) in [6.07, 6.45) is -2.36. The molecular formula is C13H10F3N7O2. The molecule has 0 saturated heterocycles. The van der Waals surface area contributed by atoms with Gasteiger partial charge in [0, 0.05) is 12.6 Å². The van der Waals surface area contributed by atoms with E-state index in [1.54, 1.807) is 0 Å². The molecule has 12 heteroatoms. The molecule has 3 rings (SSSR count). The van der Waals surface area contributed by atoms with Gasteiger partial charge in [0.25, 0.3) is 0 Å². The van der Waals surface area contributed by atoms with Gasteiger partial charge in [0.2, 0.25) is 0 Å². The Kier molecular flexibility index (Phi) is 4.17. The molecule has 0 saturated carbocycles. The van der Waals surface area contributed by atoms with E-state index in [0.717, 1.165) is 28.1 Å². The first-order valence-electron chi connectivity index (χ1n) is 6.81. The van der Waals surface area contributed by atoms with Crippen molar-refractivity contribution < 1.29 is 17.9 Å². The molecule has 0 N–H and O–H groups in total. The Labute approximate surface area is 137 Å². The average Bonchev–Trinajstić information content (AvgIpc) is 2.92. The molecule has 0 radical (unpaired) electrons. The fourth-order valence-electron chi connectivity index (χ4n) is 2.10. The van der Waals surface area contributed by atoms with Crippen molar-refractivity contribution in [2.45, 2.75) is 12.8 Å². The number of rotatable bonds is 4. The third-order valence-corrected chi connectivity index (χ3v) is 3.22. The molecule has 0 atom stereocenters. The number of hydrogen-bond donors (Lipinski definition) is 0. The molecule has 0 aliphatic heterocycles. The minimum absolute atomic E-state index is 0.0954. The first-order chi connectivity index (χ1) is 11.9. The van der Waals surface area contributed by atoms with Crippen LogP contribution in [0.2, 0.25) is 0 Å². The fourth-order valence-corrected chi connectivity index (χ4v) is 2.10. The fraction of sp³-hybridized carbons (Fsp3) is 0.231. The molecule has 0 aliphatic rings. The quantitative estimate of drug-likeness (QED) is 0.682. The number of hydrogen-bond acceptors (Lipinski definition) is 7. The Morgan fingerprint density at radius 2 is 1.88 bits per heavy atom. The molecule has 0 spiro atoms. The van der Waals surface area contributed by atoms with E-state index in [9.17, 15) is 18.0 Å². The molecule has 3 aromatic rings. The van der Waals surface area contributed by atoms with Gasteiger partial charge in [-0.15, -0.1) is 0 Å². The number of benzene rings is 1. The smallest absolute Gasteiger partial charge is 0.416 e. The zero-order valence-electron chi connectivity index (χ0n) is 12.7. The second-order valence-electron chi connectivity index (χ2n) is 4.81. The van der Waals surface area contributed by atoms with E-state index in [1.165, 1.54) is 19.2 Å². The third-order valence-electron chi connectivity index (χ3n) is 3.22. The van der Waals surface area contributed by atoms with Gasteiger partial charge in [0.05, 0.1) is 11.3 Å². The molecular weight excluding hydrogens is 343 g/mol. The Bertz CT molecular complexity index is 937. The Morgan fingerprint density at radius 3 is 2.48 bits per heavy atom. The predicted molar refractivity (Wildman–Crippen MR) is 75.8 cm³/mol. The van der Waals surface area contributed by atoms with Crippen LogP contribution < -0.4 is 10.4 Å². The number of aryl methyl sites for hydroxylation is 1. The Balaban J connectivity index is 2.09. The van der Waals surface area contributed by atoms with Crippen molar-refractivity contribution >= 4 is 0 Å². The second-order valence-corrected chi connectivity index (χ2v) is 4.81. The van der Waals surface area contributed by atoms with Crippen LogP contribution >= 0.6 is 0 Å². The summed E-state index contributed by atoms with van der Waals surface area (Å²) in [4.78, 5) is 23.0. The van der Waals surface area contributed by atoms with Gasteiger partial charge in [0.15, 0.2) is 0 Å². The first-order valence-corrected chi connectivity index (χ1v) is 6.81. The number of alkyl halides is 3. The zero-order chi connectivity index (χ0) is 18.0. The summed E-state index contributed by atoms with van der Waals surface area (Å²) >= 11 is 0. The van der Waals surface area contributed by atoms with E-state index in [0.29, 0.717) is 0 Å². The van der Waals surface area contributed by atoms with E-state index in [1.807, 2.05) is 0 Å². The lowest BCUT2D eigenvalue weighted by Crippen LogP contribution is -2.24. The van der Waals surface area contributed by atoms with Crippen molar-refractivity contribution in [2.24, 2.45) is 7.05 Å². The van der Waals surface area contributed by atoms with E-state index < -0.39 is 24.0 Å². The number of tetrazole rings is 1. The lowest BCUT2D eigenvalue weighted by molar-refractivity contribution is -0.138. The van der Waals surface area contributed by atoms with Crippen LogP contribution in [0.25, 0.3) is 5.69 Å². The molecule has 1 aromatic carbocycles. The number of nitrogens with zero attached hydrogens (tertiary/aromatic N) is 7. The van der Waals surface area contributed by atoms with E-state index in [4.69, 9.17) is 4.74 Å². The van der Waals surface area contributed by atoms with Gasteiger partial charge < -0.3 is 4.74 Å². The maximum absolute atomic E-state index is 13.4. The summed E-state index contributed by atoms with van der Waals surface area (Å²) in [5.74, 6) is 0. The summed E-state index contributed by atoms with van der Waals surface area (Å²) in [6, 6.07) is 3.23. The summed E-state index contributed by atoms with van der Waals surface area (Å²) in [5, 5.41) is 7.08. The molecule has 2 aromatic heterocycles. The van der Waals surface area contributed by atoms with Crippen LogP contribution in [-0.2, 0) is 19.8 Å². The van der Waals surface area contributed by atoms with Gasteiger partial charge in [-0.25, -0.2) is 9.78 Å². The van der Waals surface area contributed by atoms with E-state index in [2.05, 4.69) is 25.4 Å². The maximum Gasteiger partial charge on any atom is 0.416 e. The van der Waals surface area contributed by atoms with Crippen LogP contribution in [0, 0.1) is 0 Å². The lowest BCUT2D eigenvalue weighted by atomic mass is 10.1. The second kappa shape index (κ2) is 6.30. The predicted octanol–water partition coefficient (Wildman–Crippen LogP) is 0.749. The largest absolute Gasteiger partial charge is 0.458 e. The summed E-state index contributed by atoms with van der Waals surface area (Å²) in [7, 11) is 1.33. The van der Waals surface area contributed by atoms with Crippen molar-refractivity contribution in [3.63, 3.8) is 0 Å². The van der Waals surface area contributed by atoms with Gasteiger partial charge in [-0.2, -0.15) is 32.5 Å². The van der Waals surface area contributed by atoms with Crippen LogP contribution in [-0.4, -0.2) is 34.7 Å². The van der Waals surface area contributed by atoms with Gasteiger partial charge in [-0.3, -0.25) is 0 Å². The molecule has 0 fully saturated rings. The van der Waals surface area contributed by atoms with Crippen LogP contribution in [0.15, 0.2) is 35.6 Å². The number of aromatic nitrogens is 7. The Hall–Kier alpha value is -3.31. The maximum atomic E-state index is 13.4. The normalized spacial score (nSPS) is 11.5. The Morgan fingerprint density at radius 1 is 1.16 bits per heavy atom. The molecule has 9 nitrogen and oxygen atoms in total. The minimum Gasteiger partial charge on any atom is -0.458 e. The summed E-state index contributed by atoms with van der Waals surface area (Å²) < 4.78 is 46.9. The van der Waals surface area contributed by atoms with Crippen LogP contribution in [0.3, 0.4) is 0 Å². The van der Waals surface area contributed by atoms with Gasteiger partial charge >= 0.3 is 17.9 Å². The van der Waals surface area contributed by atoms with Crippen molar-refractivity contribution in [1.82, 2.24) is 34.7 Å². The molecule has 0 aliphatic carbocycles. The van der Waals surface area contributed by atoms with Gasteiger partial charge in [0.1, 0.15) is 19.3 Å². The molecule has 130 valence electrons. The van der Waals surface area contributed by atoms with Gasteiger partial charge in [-0.05, 0) is 22.6 Å². The van der Waals surface area contributed by atoms with Crippen LogP contribution in [0.4, 0.5) is 13.2 Å². The van der Waals surface area contributed by atoms with Crippen LogP contribution in [0.1, 0.15) is 11.1 Å². The zero-order valence-corrected chi connectivity index (χ0v) is 12.7. The SMILES string of the molecule is Cn1nnn(-c2cccc(C(F)(F)F)c2COc2ncncn2)c1=O. The average molecular weight is 353 g/mol. The topological polar surface area (TPSA) is 101 Å². The number of ether oxygens (including phenoxy) is 1. The van der Waals surface area contributed by atoms with Crippen molar-refractivity contribution in [3.8, 4) is 11.7 Å².